The molecular formula is C30H38N2O6. The van der Waals surface area contributed by atoms with E-state index >= 15 is 0 Å². The number of fused-ring (bicyclic) bond motifs is 1. The summed E-state index contributed by atoms with van der Waals surface area (Å²) in [7, 11) is 2.14. The van der Waals surface area contributed by atoms with Crippen LogP contribution in [0.2, 0.25) is 0 Å². The number of rotatable bonds is 8. The van der Waals surface area contributed by atoms with Gasteiger partial charge in [-0.15, -0.1) is 0 Å². The first-order valence-electron chi connectivity index (χ1n) is 12.9. The predicted molar refractivity (Wildman–Crippen MR) is 145 cm³/mol. The van der Waals surface area contributed by atoms with Crippen molar-refractivity contribution in [2.75, 3.05) is 7.05 Å². The molecule has 204 valence electrons. The third-order valence-corrected chi connectivity index (χ3v) is 6.92. The average molecular weight is 523 g/mol. The van der Waals surface area contributed by atoms with Crippen LogP contribution in [0.4, 0.5) is 0 Å². The maximum Gasteiger partial charge on any atom is 0.414 e. The van der Waals surface area contributed by atoms with Gasteiger partial charge >= 0.3 is 11.9 Å². The molecule has 0 aliphatic heterocycles. The topological polar surface area (TPSA) is 119 Å². The Morgan fingerprint density at radius 1 is 1.00 bits per heavy atom. The Kier molecular flexibility index (Phi) is 10.4. The number of aliphatic carboxylic acids is 2. The van der Waals surface area contributed by atoms with Gasteiger partial charge in [-0.1, -0.05) is 86.7 Å². The van der Waals surface area contributed by atoms with E-state index in [2.05, 4.69) is 85.7 Å². The number of aliphatic hydroxyl groups is 1. The zero-order chi connectivity index (χ0) is 27.7. The van der Waals surface area contributed by atoms with Gasteiger partial charge in [0.05, 0.1) is 12.7 Å². The van der Waals surface area contributed by atoms with Crippen LogP contribution in [0.3, 0.4) is 0 Å². The minimum atomic E-state index is -1.82. The molecule has 0 amide bonds. The van der Waals surface area contributed by atoms with Crippen LogP contribution in [-0.2, 0) is 27.5 Å². The molecular weight excluding hydrogens is 484 g/mol. The van der Waals surface area contributed by atoms with Crippen molar-refractivity contribution in [1.29, 1.82) is 0 Å². The molecule has 4 unspecified atom stereocenters. The van der Waals surface area contributed by atoms with Gasteiger partial charge in [0.25, 0.3) is 0 Å². The number of likely N-dealkylation sites (N-methyl/N-ethyl adjacent to an activating group) is 1. The fourth-order valence-electron chi connectivity index (χ4n) is 5.19. The van der Waals surface area contributed by atoms with Gasteiger partial charge in [0.15, 0.2) is 0 Å². The van der Waals surface area contributed by atoms with E-state index in [0.29, 0.717) is 12.6 Å². The molecule has 0 spiro atoms. The summed E-state index contributed by atoms with van der Waals surface area (Å²) in [5, 5.41) is 29.6. The number of benzene rings is 2. The first-order valence-corrected chi connectivity index (χ1v) is 12.9. The second kappa shape index (κ2) is 13.5. The smallest absolute Gasteiger partial charge is 0.414 e. The van der Waals surface area contributed by atoms with Gasteiger partial charge < -0.3 is 25.4 Å². The second-order valence-corrected chi connectivity index (χ2v) is 10.0. The summed E-state index contributed by atoms with van der Waals surface area (Å²) in [5.41, 5.74) is 2.86. The van der Waals surface area contributed by atoms with E-state index in [1.54, 1.807) is 0 Å². The highest BCUT2D eigenvalue weighted by Crippen LogP contribution is 2.45. The van der Waals surface area contributed by atoms with Gasteiger partial charge in [0.2, 0.25) is 0 Å². The fourth-order valence-corrected chi connectivity index (χ4v) is 5.19. The highest BCUT2D eigenvalue weighted by atomic mass is 16.5. The summed E-state index contributed by atoms with van der Waals surface area (Å²) in [5.74, 6) is -3.55. The molecule has 8 heteroatoms. The van der Waals surface area contributed by atoms with Crippen molar-refractivity contribution in [2.45, 2.75) is 63.8 Å². The lowest BCUT2D eigenvalue weighted by atomic mass is 9.71. The molecule has 1 fully saturated rings. The van der Waals surface area contributed by atoms with Gasteiger partial charge in [0.1, 0.15) is 5.72 Å². The van der Waals surface area contributed by atoms with E-state index < -0.39 is 23.8 Å². The van der Waals surface area contributed by atoms with Crippen molar-refractivity contribution in [3.05, 3.63) is 95.6 Å². The first-order chi connectivity index (χ1) is 18.1. The number of nitrogens with zero attached hydrogens (tertiary/aromatic N) is 1. The summed E-state index contributed by atoms with van der Waals surface area (Å²) in [6.07, 6.45) is 7.74. The lowest BCUT2D eigenvalue weighted by molar-refractivity contribution is -0.162. The fraction of sp³-hybridized carbons (Fsp3) is 0.400. The van der Waals surface area contributed by atoms with Crippen molar-refractivity contribution in [1.82, 2.24) is 10.2 Å². The SMILES string of the molecule is CC(C)NC1CCC2C(=CC=CC2(OCc2ccccc2)N(C)Cc2ccccc2)C1O.O=C(O)C(=O)O. The van der Waals surface area contributed by atoms with Gasteiger partial charge in [0, 0.05) is 24.5 Å². The maximum atomic E-state index is 11.3. The normalized spacial score (nSPS) is 24.3. The Morgan fingerprint density at radius 2 is 1.58 bits per heavy atom. The number of hydrogen-bond donors (Lipinski definition) is 4. The Hall–Kier alpha value is -3.30. The predicted octanol–water partition coefficient (Wildman–Crippen LogP) is 3.82. The summed E-state index contributed by atoms with van der Waals surface area (Å²) >= 11 is 0. The zero-order valence-electron chi connectivity index (χ0n) is 22.2. The van der Waals surface area contributed by atoms with Gasteiger partial charge in [-0.25, -0.2) is 9.59 Å². The van der Waals surface area contributed by atoms with Crippen molar-refractivity contribution >= 4 is 11.9 Å². The molecule has 2 aliphatic carbocycles. The number of allylic oxidation sites excluding steroid dienone is 2. The van der Waals surface area contributed by atoms with E-state index in [0.717, 1.165) is 30.5 Å². The van der Waals surface area contributed by atoms with E-state index in [1.165, 1.54) is 5.56 Å². The van der Waals surface area contributed by atoms with Crippen LogP contribution in [0.25, 0.3) is 0 Å². The molecule has 8 nitrogen and oxygen atoms in total. The number of ether oxygens (including phenoxy) is 1. The van der Waals surface area contributed by atoms with Crippen LogP contribution in [0.1, 0.15) is 37.8 Å². The maximum absolute atomic E-state index is 11.3. The lowest BCUT2D eigenvalue weighted by Gasteiger charge is -2.51. The van der Waals surface area contributed by atoms with Crippen LogP contribution in [-0.4, -0.2) is 63.1 Å². The molecule has 2 aliphatic rings. The minimum Gasteiger partial charge on any atom is -0.473 e. The van der Waals surface area contributed by atoms with E-state index in [4.69, 9.17) is 24.5 Å². The van der Waals surface area contributed by atoms with E-state index in [-0.39, 0.29) is 12.0 Å². The molecule has 1 saturated carbocycles. The number of carboxylic acid groups (broad SMARTS) is 2. The number of carbonyl (C=O) groups is 2. The number of nitrogens with one attached hydrogen (secondary N) is 1. The zero-order valence-corrected chi connectivity index (χ0v) is 22.2. The van der Waals surface area contributed by atoms with Gasteiger partial charge in [-0.05, 0) is 42.7 Å². The van der Waals surface area contributed by atoms with Crippen LogP contribution in [0.15, 0.2) is 84.5 Å². The quantitative estimate of drug-likeness (QED) is 0.305. The highest BCUT2D eigenvalue weighted by Gasteiger charge is 2.49. The van der Waals surface area contributed by atoms with Gasteiger partial charge in [-0.2, -0.15) is 0 Å². The average Bonchev–Trinajstić information content (AvgIpc) is 2.90. The number of carboxylic acids is 2. The largest absolute Gasteiger partial charge is 0.473 e. The van der Waals surface area contributed by atoms with Crippen molar-refractivity contribution in [3.8, 4) is 0 Å². The minimum absolute atomic E-state index is 0.0789. The van der Waals surface area contributed by atoms with Crippen LogP contribution in [0.5, 0.6) is 0 Å². The molecule has 2 aromatic rings. The monoisotopic (exact) mass is 522 g/mol. The molecule has 4 rings (SSSR count). The van der Waals surface area contributed by atoms with Crippen LogP contribution in [0, 0.1) is 5.92 Å². The van der Waals surface area contributed by atoms with Crippen molar-refractivity contribution in [3.63, 3.8) is 0 Å². The highest BCUT2D eigenvalue weighted by molar-refractivity contribution is 6.27. The summed E-state index contributed by atoms with van der Waals surface area (Å²) in [6.45, 7) is 5.56. The Morgan fingerprint density at radius 3 is 2.13 bits per heavy atom. The van der Waals surface area contributed by atoms with E-state index in [1.807, 2.05) is 24.3 Å². The molecule has 4 N–H and O–H groups in total. The summed E-state index contributed by atoms with van der Waals surface area (Å²) in [4.78, 5) is 20.5. The molecule has 0 heterocycles. The molecule has 2 aromatic carbocycles. The second-order valence-electron chi connectivity index (χ2n) is 10.0. The summed E-state index contributed by atoms with van der Waals surface area (Å²) < 4.78 is 6.79. The van der Waals surface area contributed by atoms with Crippen molar-refractivity contribution < 1.29 is 29.6 Å². The molecule has 0 aromatic heterocycles. The van der Waals surface area contributed by atoms with Crippen LogP contribution < -0.4 is 5.32 Å². The number of hydrogen-bond acceptors (Lipinski definition) is 6. The first kappa shape index (κ1) is 29.3. The third kappa shape index (κ3) is 7.39. The molecule has 38 heavy (non-hydrogen) atoms. The number of aliphatic hydroxyl groups excluding tert-OH is 1. The Balaban J connectivity index is 0.000000599. The lowest BCUT2D eigenvalue weighted by Crippen LogP contribution is -2.59. The summed E-state index contributed by atoms with van der Waals surface area (Å²) in [6, 6.07) is 21.3. The molecule has 4 atom stereocenters. The molecule has 0 bridgehead atoms. The Labute approximate surface area is 224 Å². The molecule has 0 radical (unpaired) electrons. The Bertz CT molecular complexity index is 1110. The van der Waals surface area contributed by atoms with Crippen molar-refractivity contribution in [2.24, 2.45) is 5.92 Å². The third-order valence-electron chi connectivity index (χ3n) is 6.92. The van der Waals surface area contributed by atoms with E-state index in [9.17, 15) is 5.11 Å². The standard InChI is InChI=1S/C28H36N2O2.C2H2O4/c1-21(2)29-26-17-16-25-24(27(26)31)15-10-18-28(25,32-20-23-13-8-5-9-14-23)30(3)19-22-11-6-4-7-12-22;3-1(4)2(5)6/h4-15,18,21,25-27,29,31H,16-17,19-20H2,1-3H3;(H,3,4)(H,5,6). The van der Waals surface area contributed by atoms with Crippen LogP contribution >= 0.6 is 0 Å². The van der Waals surface area contributed by atoms with Gasteiger partial charge in [-0.3, -0.25) is 4.90 Å². The molecule has 0 saturated heterocycles.